The van der Waals surface area contributed by atoms with Gasteiger partial charge in [-0.25, -0.2) is 8.42 Å². The summed E-state index contributed by atoms with van der Waals surface area (Å²) in [4.78, 5) is 14.0. The van der Waals surface area contributed by atoms with E-state index >= 15 is 0 Å². The number of hydrogen-bond acceptors (Lipinski definition) is 4. The van der Waals surface area contributed by atoms with E-state index in [0.29, 0.717) is 30.1 Å². The van der Waals surface area contributed by atoms with Crippen molar-refractivity contribution in [2.24, 2.45) is 0 Å². The number of sulfone groups is 1. The quantitative estimate of drug-likeness (QED) is 0.888. The standard InChI is InChI=1S/C15H21ClN2O3S/c1-11-13(16)4-3-5-14(11)17-15(19)6-8-18(2)12-7-9-22(20,21)10-12/h3-5,12H,6-10H2,1-2H3,(H,17,19). The first-order valence-corrected chi connectivity index (χ1v) is 9.44. The lowest BCUT2D eigenvalue weighted by atomic mass is 10.2. The van der Waals surface area contributed by atoms with Crippen molar-refractivity contribution in [3.63, 3.8) is 0 Å². The van der Waals surface area contributed by atoms with Gasteiger partial charge in [-0.15, -0.1) is 0 Å². The highest BCUT2D eigenvalue weighted by Gasteiger charge is 2.30. The SMILES string of the molecule is Cc1c(Cl)cccc1NC(=O)CCN(C)C1CCS(=O)(=O)C1. The molecule has 0 aliphatic carbocycles. The fourth-order valence-electron chi connectivity index (χ4n) is 2.54. The Hall–Kier alpha value is -1.11. The fourth-order valence-corrected chi connectivity index (χ4v) is 4.52. The van der Waals surface area contributed by atoms with E-state index in [4.69, 9.17) is 11.6 Å². The van der Waals surface area contributed by atoms with Crippen molar-refractivity contribution in [1.82, 2.24) is 4.90 Å². The molecule has 0 radical (unpaired) electrons. The van der Waals surface area contributed by atoms with Crippen LogP contribution in [0.15, 0.2) is 18.2 Å². The van der Waals surface area contributed by atoms with Crippen LogP contribution < -0.4 is 5.32 Å². The molecule has 1 aliphatic rings. The maximum absolute atomic E-state index is 12.0. The van der Waals surface area contributed by atoms with Crippen LogP contribution in [0, 0.1) is 6.92 Å². The van der Waals surface area contributed by atoms with Gasteiger partial charge in [0.2, 0.25) is 5.91 Å². The van der Waals surface area contributed by atoms with Gasteiger partial charge in [-0.2, -0.15) is 0 Å². The summed E-state index contributed by atoms with van der Waals surface area (Å²) in [5.41, 5.74) is 1.55. The summed E-state index contributed by atoms with van der Waals surface area (Å²) in [6, 6.07) is 5.40. The summed E-state index contributed by atoms with van der Waals surface area (Å²) < 4.78 is 23.0. The van der Waals surface area contributed by atoms with Crippen LogP contribution >= 0.6 is 11.6 Å². The van der Waals surface area contributed by atoms with Crippen molar-refractivity contribution >= 4 is 33.0 Å². The number of nitrogens with zero attached hydrogens (tertiary/aromatic N) is 1. The molecule has 22 heavy (non-hydrogen) atoms. The molecule has 0 aromatic heterocycles. The Kier molecular flexibility index (Phi) is 5.47. The summed E-state index contributed by atoms with van der Waals surface area (Å²) in [6.45, 7) is 2.39. The monoisotopic (exact) mass is 344 g/mol. The van der Waals surface area contributed by atoms with Gasteiger partial charge in [0.1, 0.15) is 0 Å². The van der Waals surface area contributed by atoms with Gasteiger partial charge in [-0.3, -0.25) is 4.79 Å². The molecule has 1 saturated heterocycles. The minimum Gasteiger partial charge on any atom is -0.326 e. The second-order valence-corrected chi connectivity index (χ2v) is 8.38. The van der Waals surface area contributed by atoms with Gasteiger partial charge in [-0.05, 0) is 38.1 Å². The summed E-state index contributed by atoms with van der Waals surface area (Å²) in [7, 11) is -1.03. The van der Waals surface area contributed by atoms with E-state index in [2.05, 4.69) is 5.32 Å². The molecule has 1 N–H and O–H groups in total. The highest BCUT2D eigenvalue weighted by atomic mass is 35.5. The van der Waals surface area contributed by atoms with Crippen LogP contribution in [0.4, 0.5) is 5.69 Å². The number of carbonyl (C=O) groups excluding carboxylic acids is 1. The third-order valence-electron chi connectivity index (χ3n) is 4.07. The van der Waals surface area contributed by atoms with Crippen LogP contribution in [-0.4, -0.2) is 50.4 Å². The average molecular weight is 345 g/mol. The van der Waals surface area contributed by atoms with Crippen LogP contribution in [0.2, 0.25) is 5.02 Å². The van der Waals surface area contributed by atoms with Crippen LogP contribution in [0.3, 0.4) is 0 Å². The third-order valence-corrected chi connectivity index (χ3v) is 6.22. The van der Waals surface area contributed by atoms with Gasteiger partial charge >= 0.3 is 0 Å². The largest absolute Gasteiger partial charge is 0.326 e. The van der Waals surface area contributed by atoms with Gasteiger partial charge in [-0.1, -0.05) is 17.7 Å². The molecule has 1 amide bonds. The first-order valence-electron chi connectivity index (χ1n) is 7.24. The molecule has 1 aromatic rings. The molecule has 0 spiro atoms. The number of halogens is 1. The summed E-state index contributed by atoms with van der Waals surface area (Å²) in [5.74, 6) is 0.340. The lowest BCUT2D eigenvalue weighted by Gasteiger charge is -2.22. The maximum atomic E-state index is 12.0. The zero-order valence-corrected chi connectivity index (χ0v) is 14.4. The molecule has 1 unspecified atom stereocenters. The average Bonchev–Trinajstić information content (AvgIpc) is 2.81. The Labute approximate surface area is 136 Å². The summed E-state index contributed by atoms with van der Waals surface area (Å²) >= 11 is 6.02. The Balaban J connectivity index is 1.84. The molecule has 2 rings (SSSR count). The lowest BCUT2D eigenvalue weighted by molar-refractivity contribution is -0.116. The van der Waals surface area contributed by atoms with Gasteiger partial charge in [0.25, 0.3) is 0 Å². The number of amides is 1. The third kappa shape index (κ3) is 4.44. The topological polar surface area (TPSA) is 66.5 Å². The fraction of sp³-hybridized carbons (Fsp3) is 0.533. The molecule has 1 fully saturated rings. The Bertz CT molecular complexity index is 661. The molecule has 5 nitrogen and oxygen atoms in total. The highest BCUT2D eigenvalue weighted by Crippen LogP contribution is 2.23. The summed E-state index contributed by atoms with van der Waals surface area (Å²) in [5, 5.41) is 3.46. The molecule has 0 bridgehead atoms. The Morgan fingerprint density at radius 3 is 2.82 bits per heavy atom. The lowest BCUT2D eigenvalue weighted by Crippen LogP contribution is -2.35. The predicted molar refractivity (Wildman–Crippen MR) is 89.1 cm³/mol. The van der Waals surface area contributed by atoms with Crippen molar-refractivity contribution in [3.8, 4) is 0 Å². The minimum absolute atomic E-state index is 0.0192. The maximum Gasteiger partial charge on any atom is 0.225 e. The molecule has 1 heterocycles. The van der Waals surface area contributed by atoms with E-state index in [1.54, 1.807) is 12.1 Å². The van der Waals surface area contributed by atoms with Crippen molar-refractivity contribution in [3.05, 3.63) is 28.8 Å². The number of anilines is 1. The second kappa shape index (κ2) is 6.98. The molecular formula is C15H21ClN2O3S. The number of rotatable bonds is 5. The van der Waals surface area contributed by atoms with Crippen LogP contribution in [-0.2, 0) is 14.6 Å². The van der Waals surface area contributed by atoms with Crippen LogP contribution in [0.5, 0.6) is 0 Å². The number of benzene rings is 1. The van der Waals surface area contributed by atoms with E-state index in [9.17, 15) is 13.2 Å². The first-order chi connectivity index (χ1) is 10.3. The number of hydrogen-bond donors (Lipinski definition) is 1. The molecule has 1 aliphatic heterocycles. The van der Waals surface area contributed by atoms with Gasteiger partial charge < -0.3 is 10.2 Å². The molecule has 1 atom stereocenters. The normalized spacial score (nSPS) is 20.3. The molecular weight excluding hydrogens is 324 g/mol. The van der Waals surface area contributed by atoms with Crippen molar-refractivity contribution in [2.75, 3.05) is 30.4 Å². The molecule has 122 valence electrons. The van der Waals surface area contributed by atoms with Crippen molar-refractivity contribution in [1.29, 1.82) is 0 Å². The van der Waals surface area contributed by atoms with E-state index in [-0.39, 0.29) is 23.5 Å². The first kappa shape index (κ1) is 17.2. The Morgan fingerprint density at radius 1 is 1.45 bits per heavy atom. The predicted octanol–water partition coefficient (Wildman–Crippen LogP) is 2.10. The minimum atomic E-state index is -2.89. The zero-order chi connectivity index (χ0) is 16.3. The smallest absolute Gasteiger partial charge is 0.225 e. The zero-order valence-electron chi connectivity index (χ0n) is 12.8. The Morgan fingerprint density at radius 2 is 2.18 bits per heavy atom. The molecule has 1 aromatic carbocycles. The van der Waals surface area contributed by atoms with E-state index < -0.39 is 9.84 Å². The van der Waals surface area contributed by atoms with Gasteiger partial charge in [0.05, 0.1) is 11.5 Å². The number of carbonyl (C=O) groups is 1. The van der Waals surface area contributed by atoms with Crippen LogP contribution in [0.1, 0.15) is 18.4 Å². The van der Waals surface area contributed by atoms with Crippen LogP contribution in [0.25, 0.3) is 0 Å². The van der Waals surface area contributed by atoms with E-state index in [0.717, 1.165) is 5.56 Å². The van der Waals surface area contributed by atoms with Gasteiger partial charge in [0.15, 0.2) is 9.84 Å². The molecule has 7 heteroatoms. The molecule has 0 saturated carbocycles. The van der Waals surface area contributed by atoms with Crippen molar-refractivity contribution in [2.45, 2.75) is 25.8 Å². The number of nitrogens with one attached hydrogen (secondary N) is 1. The summed E-state index contributed by atoms with van der Waals surface area (Å²) in [6.07, 6.45) is 0.965. The van der Waals surface area contributed by atoms with E-state index in [1.165, 1.54) is 0 Å². The van der Waals surface area contributed by atoms with Crippen molar-refractivity contribution < 1.29 is 13.2 Å². The second-order valence-electron chi connectivity index (χ2n) is 5.75. The van der Waals surface area contributed by atoms with E-state index in [1.807, 2.05) is 24.9 Å². The van der Waals surface area contributed by atoms with Gasteiger partial charge in [0, 0.05) is 29.7 Å². The highest BCUT2D eigenvalue weighted by molar-refractivity contribution is 7.91.